The average molecular weight is 510 g/mol. The molecule has 0 aliphatic carbocycles. The molecule has 0 saturated carbocycles. The number of fused-ring (bicyclic) bond motifs is 15. The Labute approximate surface area is 215 Å². The van der Waals surface area contributed by atoms with Gasteiger partial charge in [0.15, 0.2) is 0 Å². The summed E-state index contributed by atoms with van der Waals surface area (Å²) in [5, 5.41) is 30.9. The van der Waals surface area contributed by atoms with Gasteiger partial charge in [0.05, 0.1) is 5.54 Å². The molecule has 3 aliphatic rings. The van der Waals surface area contributed by atoms with Crippen LogP contribution in [-0.4, -0.2) is 109 Å². The lowest BCUT2D eigenvalue weighted by atomic mass is 9.90. The van der Waals surface area contributed by atoms with Crippen molar-refractivity contribution in [2.24, 2.45) is 10.5 Å². The van der Waals surface area contributed by atoms with Gasteiger partial charge >= 0.3 is 0 Å². The predicted molar refractivity (Wildman–Crippen MR) is 142 cm³/mol. The first-order valence-corrected chi connectivity index (χ1v) is 13.3. The van der Waals surface area contributed by atoms with Crippen molar-refractivity contribution in [1.82, 2.24) is 42.5 Å². The maximum absolute atomic E-state index is 12.9. The van der Waals surface area contributed by atoms with Crippen molar-refractivity contribution >= 4 is 11.8 Å². The number of nitrogens with one attached hydrogen (secondary N) is 8. The van der Waals surface area contributed by atoms with Crippen molar-refractivity contribution < 1.29 is 9.59 Å². The number of nitrogens with zero attached hydrogens (tertiary/aromatic N) is 3. The molecule has 0 aromatic heterocycles. The van der Waals surface area contributed by atoms with E-state index in [4.69, 9.17) is 5.53 Å². The molecule has 3 saturated heterocycles. The Balaban J connectivity index is 1.91. The average Bonchev–Trinajstić information content (AvgIpc) is 2.85. The molecule has 0 aromatic carbocycles. The first-order chi connectivity index (χ1) is 17.5. The molecule has 8 N–H and O–H groups in total. The number of hydrogen-bond acceptors (Lipinski definition) is 9. The van der Waals surface area contributed by atoms with E-state index in [1.54, 1.807) is 0 Å². The Kier molecular flexibility index (Phi) is 14.7. The molecule has 2 bridgehead atoms. The van der Waals surface area contributed by atoms with E-state index >= 15 is 0 Å². The summed E-state index contributed by atoms with van der Waals surface area (Å²) in [6.07, 6.45) is 1.66. The predicted octanol–water partition coefficient (Wildman–Crippen LogP) is -1.60. The zero-order valence-electron chi connectivity index (χ0n) is 21.9. The van der Waals surface area contributed by atoms with E-state index in [1.807, 2.05) is 0 Å². The van der Waals surface area contributed by atoms with E-state index in [-0.39, 0.29) is 23.7 Å². The van der Waals surface area contributed by atoms with Crippen LogP contribution in [0.2, 0.25) is 0 Å². The van der Waals surface area contributed by atoms with Gasteiger partial charge in [0, 0.05) is 115 Å². The minimum Gasteiger partial charge on any atom is -0.356 e. The molecule has 0 atom stereocenters. The number of carbonyl (C=O) groups excluding carboxylic acids is 2. The van der Waals surface area contributed by atoms with Crippen molar-refractivity contribution in [2.45, 2.75) is 38.1 Å². The third kappa shape index (κ3) is 12.8. The van der Waals surface area contributed by atoms with Gasteiger partial charge in [0.2, 0.25) is 11.8 Å². The molecular formula is C23H47N11O2. The molecule has 36 heavy (non-hydrogen) atoms. The zero-order valence-corrected chi connectivity index (χ0v) is 21.9. The third-order valence-electron chi connectivity index (χ3n) is 6.51. The van der Waals surface area contributed by atoms with E-state index in [1.165, 1.54) is 0 Å². The van der Waals surface area contributed by atoms with Crippen molar-refractivity contribution in [2.75, 3.05) is 91.6 Å². The van der Waals surface area contributed by atoms with Gasteiger partial charge < -0.3 is 42.5 Å². The van der Waals surface area contributed by atoms with Gasteiger partial charge in [-0.1, -0.05) is 12.0 Å². The molecule has 13 heteroatoms. The normalized spacial score (nSPS) is 26.7. The molecule has 206 valence electrons. The van der Waals surface area contributed by atoms with E-state index in [0.29, 0.717) is 52.0 Å². The Bertz CT molecular complexity index is 656. The lowest BCUT2D eigenvalue weighted by Crippen LogP contribution is -2.66. The van der Waals surface area contributed by atoms with E-state index < -0.39 is 5.54 Å². The smallest absolute Gasteiger partial charge is 0.220 e. The molecule has 3 fully saturated rings. The maximum Gasteiger partial charge on any atom is 0.220 e. The Morgan fingerprint density at radius 3 is 1.75 bits per heavy atom. The zero-order chi connectivity index (χ0) is 26.0. The van der Waals surface area contributed by atoms with Crippen LogP contribution < -0.4 is 42.5 Å². The van der Waals surface area contributed by atoms with Crippen LogP contribution >= 0.6 is 0 Å². The summed E-state index contributed by atoms with van der Waals surface area (Å²) in [4.78, 5) is 27.6. The third-order valence-corrected chi connectivity index (χ3v) is 6.51. The lowest BCUT2D eigenvalue weighted by molar-refractivity contribution is -0.123. The summed E-state index contributed by atoms with van der Waals surface area (Å²) in [6, 6.07) is 0. The maximum atomic E-state index is 12.9. The van der Waals surface area contributed by atoms with Crippen LogP contribution in [0.15, 0.2) is 5.11 Å². The second-order valence-electron chi connectivity index (χ2n) is 10.2. The molecule has 0 radical (unpaired) electrons. The number of hydrogen-bond donors (Lipinski definition) is 8. The fourth-order valence-corrected chi connectivity index (χ4v) is 4.47. The fraction of sp³-hybridized carbons (Fsp3) is 0.913. The van der Waals surface area contributed by atoms with Crippen molar-refractivity contribution in [3.8, 4) is 0 Å². The van der Waals surface area contributed by atoms with Gasteiger partial charge in [-0.25, -0.2) is 0 Å². The minimum absolute atomic E-state index is 0.0519. The molecule has 3 heterocycles. The second-order valence-corrected chi connectivity index (χ2v) is 10.2. The molecule has 2 amide bonds. The van der Waals surface area contributed by atoms with Crippen molar-refractivity contribution in [1.29, 1.82) is 0 Å². The van der Waals surface area contributed by atoms with Gasteiger partial charge in [-0.3, -0.25) is 9.59 Å². The monoisotopic (exact) mass is 509 g/mol. The van der Waals surface area contributed by atoms with Gasteiger partial charge in [-0.2, -0.15) is 0 Å². The first-order valence-electron chi connectivity index (χ1n) is 13.3. The largest absolute Gasteiger partial charge is 0.356 e. The quantitative estimate of drug-likeness (QED) is 0.0792. The summed E-state index contributed by atoms with van der Waals surface area (Å²) in [7, 11) is 0. The number of rotatable bonds is 9. The van der Waals surface area contributed by atoms with Crippen LogP contribution in [0.3, 0.4) is 0 Å². The number of carbonyl (C=O) groups is 2. The van der Waals surface area contributed by atoms with Gasteiger partial charge in [0.1, 0.15) is 0 Å². The standard InChI is InChI=1S/C23H47N11O2/c1-22-14-25-8-11-28-17-23(18-29-12-9-26-15-22,19-30-13-10-27-16-22)33-21(36)5-2-4-20(35)31-6-3-7-32-34-24/h25-30H,2-19H2,1H3,(H,31,35)(H,33,36). The van der Waals surface area contributed by atoms with Crippen LogP contribution in [0, 0.1) is 5.41 Å². The SMILES string of the molecule is CC12CNCCNCC(NC(=O)CCCC(=O)NCCCN=[N+]=[N-])(CNCCNC1)CNCCNC2. The van der Waals surface area contributed by atoms with Crippen LogP contribution in [0.5, 0.6) is 0 Å². The van der Waals surface area contributed by atoms with Gasteiger partial charge in [0.25, 0.3) is 0 Å². The number of azide groups is 1. The molecule has 0 spiro atoms. The Morgan fingerprint density at radius 2 is 1.25 bits per heavy atom. The topological polar surface area (TPSA) is 179 Å². The van der Waals surface area contributed by atoms with Crippen LogP contribution in [-0.2, 0) is 9.59 Å². The summed E-state index contributed by atoms with van der Waals surface area (Å²) in [6.45, 7) is 12.9. The summed E-state index contributed by atoms with van der Waals surface area (Å²) < 4.78 is 0. The van der Waals surface area contributed by atoms with Crippen LogP contribution in [0.25, 0.3) is 10.4 Å². The molecule has 0 unspecified atom stereocenters. The van der Waals surface area contributed by atoms with Crippen molar-refractivity contribution in [3.05, 3.63) is 10.4 Å². The number of amides is 2. The molecule has 0 aromatic rings. The molecule has 13 nitrogen and oxygen atoms in total. The van der Waals surface area contributed by atoms with Crippen LogP contribution in [0.4, 0.5) is 0 Å². The van der Waals surface area contributed by atoms with Gasteiger partial charge in [-0.15, -0.1) is 0 Å². The van der Waals surface area contributed by atoms with E-state index in [9.17, 15) is 9.59 Å². The molecule has 3 aliphatic heterocycles. The fourth-order valence-electron chi connectivity index (χ4n) is 4.47. The first kappa shape index (κ1) is 30.2. The Hall–Kier alpha value is -1.99. The lowest BCUT2D eigenvalue weighted by Gasteiger charge is -2.37. The minimum atomic E-state index is -0.483. The molecular weight excluding hydrogens is 462 g/mol. The van der Waals surface area contributed by atoms with Gasteiger partial charge in [-0.05, 0) is 18.4 Å². The summed E-state index contributed by atoms with van der Waals surface area (Å²) in [5.74, 6) is -0.143. The van der Waals surface area contributed by atoms with Crippen LogP contribution in [0.1, 0.15) is 32.6 Å². The molecule has 3 rings (SSSR count). The van der Waals surface area contributed by atoms with E-state index in [0.717, 1.165) is 58.9 Å². The highest BCUT2D eigenvalue weighted by atomic mass is 16.2. The van der Waals surface area contributed by atoms with Crippen molar-refractivity contribution in [3.63, 3.8) is 0 Å². The second kappa shape index (κ2) is 17.5. The highest BCUT2D eigenvalue weighted by molar-refractivity contribution is 5.79. The summed E-state index contributed by atoms with van der Waals surface area (Å²) >= 11 is 0. The highest BCUT2D eigenvalue weighted by Gasteiger charge is 2.32. The highest BCUT2D eigenvalue weighted by Crippen LogP contribution is 2.12. The van der Waals surface area contributed by atoms with E-state index in [2.05, 4.69) is 59.5 Å². The Morgan fingerprint density at radius 1 is 0.778 bits per heavy atom. The summed E-state index contributed by atoms with van der Waals surface area (Å²) in [5.41, 5.74) is 7.93.